The van der Waals surface area contributed by atoms with Crippen LogP contribution in [0.25, 0.3) is 0 Å². The van der Waals surface area contributed by atoms with Crippen LogP contribution in [0.3, 0.4) is 0 Å². The van der Waals surface area contributed by atoms with Gasteiger partial charge in [0.15, 0.2) is 5.75 Å². The van der Waals surface area contributed by atoms with Crippen LogP contribution < -0.4 is 15.4 Å². The number of pyridine rings is 1. The summed E-state index contributed by atoms with van der Waals surface area (Å²) >= 11 is 0. The van der Waals surface area contributed by atoms with Crippen molar-refractivity contribution >= 4 is 5.69 Å². The topological polar surface area (TPSA) is 46.2 Å². The lowest BCUT2D eigenvalue weighted by Gasteiger charge is -2.13. The van der Waals surface area contributed by atoms with Crippen molar-refractivity contribution in [2.24, 2.45) is 11.8 Å². The molecular formula is C12H17N3O. The number of methoxy groups -OCH3 is 1. The van der Waals surface area contributed by atoms with Gasteiger partial charge in [0.2, 0.25) is 0 Å². The van der Waals surface area contributed by atoms with Gasteiger partial charge in [0.25, 0.3) is 0 Å². The quantitative estimate of drug-likeness (QED) is 0.797. The van der Waals surface area contributed by atoms with Gasteiger partial charge in [-0.05, 0) is 24.8 Å². The zero-order valence-corrected chi connectivity index (χ0v) is 9.66. The summed E-state index contributed by atoms with van der Waals surface area (Å²) < 4.78 is 5.31. The summed E-state index contributed by atoms with van der Waals surface area (Å²) in [5.74, 6) is 2.44. The molecule has 1 saturated carbocycles. The number of rotatable bonds is 3. The number of nitrogens with zero attached hydrogens (tertiary/aromatic N) is 1. The second-order valence-corrected chi connectivity index (χ2v) is 4.68. The summed E-state index contributed by atoms with van der Waals surface area (Å²) in [4.78, 5) is 4.23. The molecule has 1 aromatic heterocycles. The maximum atomic E-state index is 5.31. The molecule has 4 heteroatoms. The van der Waals surface area contributed by atoms with Crippen LogP contribution in [0.4, 0.5) is 5.69 Å². The van der Waals surface area contributed by atoms with Crippen LogP contribution in [0.5, 0.6) is 5.75 Å². The van der Waals surface area contributed by atoms with Gasteiger partial charge < -0.3 is 15.4 Å². The molecule has 2 atom stereocenters. The van der Waals surface area contributed by atoms with Gasteiger partial charge in [0.05, 0.1) is 19.0 Å². The molecule has 1 aliphatic carbocycles. The molecule has 2 N–H and O–H groups in total. The fourth-order valence-corrected chi connectivity index (χ4v) is 2.63. The lowest BCUT2D eigenvalue weighted by Crippen LogP contribution is -2.21. The highest BCUT2D eigenvalue weighted by molar-refractivity contribution is 5.57. The molecule has 2 fully saturated rings. The Hall–Kier alpha value is -1.29. The highest BCUT2D eigenvalue weighted by atomic mass is 16.5. The van der Waals surface area contributed by atoms with Gasteiger partial charge in [-0.3, -0.25) is 4.98 Å². The van der Waals surface area contributed by atoms with Crippen molar-refractivity contribution in [3.63, 3.8) is 0 Å². The summed E-state index contributed by atoms with van der Waals surface area (Å²) in [6.45, 7) is 4.29. The number of ether oxygens (including phenoxy) is 1. The molecule has 4 nitrogen and oxygen atoms in total. The number of piperidine rings is 1. The van der Waals surface area contributed by atoms with Crippen LogP contribution in [0, 0.1) is 18.8 Å². The van der Waals surface area contributed by atoms with Crippen LogP contribution in [0.15, 0.2) is 12.3 Å². The van der Waals surface area contributed by atoms with Crippen molar-refractivity contribution < 1.29 is 4.74 Å². The Kier molecular flexibility index (Phi) is 2.24. The Morgan fingerprint density at radius 3 is 2.88 bits per heavy atom. The maximum absolute atomic E-state index is 5.31. The average Bonchev–Trinajstić information content (AvgIpc) is 2.75. The van der Waals surface area contributed by atoms with Crippen molar-refractivity contribution in [3.8, 4) is 5.75 Å². The Morgan fingerprint density at radius 2 is 2.19 bits per heavy atom. The monoisotopic (exact) mass is 219 g/mol. The van der Waals surface area contributed by atoms with Gasteiger partial charge >= 0.3 is 0 Å². The summed E-state index contributed by atoms with van der Waals surface area (Å²) in [6.07, 6.45) is 1.79. The smallest absolute Gasteiger partial charge is 0.160 e. The third-order valence-corrected chi connectivity index (χ3v) is 3.64. The average molecular weight is 219 g/mol. The predicted molar refractivity (Wildman–Crippen MR) is 62.8 cm³/mol. The fraction of sp³-hybridized carbons (Fsp3) is 0.583. The van der Waals surface area contributed by atoms with Crippen LogP contribution in [0.1, 0.15) is 5.69 Å². The van der Waals surface area contributed by atoms with E-state index in [4.69, 9.17) is 4.74 Å². The van der Waals surface area contributed by atoms with Crippen LogP contribution in [-0.4, -0.2) is 31.2 Å². The molecule has 0 radical (unpaired) electrons. The van der Waals surface area contributed by atoms with E-state index in [1.807, 2.05) is 6.92 Å². The van der Waals surface area contributed by atoms with E-state index < -0.39 is 0 Å². The second kappa shape index (κ2) is 3.63. The Morgan fingerprint density at radius 1 is 1.44 bits per heavy atom. The molecule has 86 valence electrons. The van der Waals surface area contributed by atoms with E-state index in [2.05, 4.69) is 21.7 Å². The van der Waals surface area contributed by atoms with E-state index >= 15 is 0 Å². The van der Waals surface area contributed by atoms with E-state index in [0.29, 0.717) is 6.04 Å². The van der Waals surface area contributed by atoms with Crippen molar-refractivity contribution in [2.75, 3.05) is 25.5 Å². The molecule has 1 aliphatic heterocycles. The third kappa shape index (κ3) is 1.53. The molecule has 2 aliphatic rings. The lowest BCUT2D eigenvalue weighted by atomic mass is 10.3. The van der Waals surface area contributed by atoms with E-state index in [-0.39, 0.29) is 0 Å². The van der Waals surface area contributed by atoms with Crippen molar-refractivity contribution in [1.82, 2.24) is 10.3 Å². The van der Waals surface area contributed by atoms with Gasteiger partial charge in [-0.1, -0.05) is 0 Å². The maximum Gasteiger partial charge on any atom is 0.160 e. The largest absolute Gasteiger partial charge is 0.493 e. The van der Waals surface area contributed by atoms with Crippen molar-refractivity contribution in [1.29, 1.82) is 0 Å². The molecule has 1 aromatic rings. The Balaban J connectivity index is 1.76. The minimum absolute atomic E-state index is 0.622. The van der Waals surface area contributed by atoms with Gasteiger partial charge in [-0.2, -0.15) is 0 Å². The zero-order chi connectivity index (χ0) is 11.1. The van der Waals surface area contributed by atoms with Crippen LogP contribution in [-0.2, 0) is 0 Å². The number of nitrogens with one attached hydrogen (secondary N) is 2. The fourth-order valence-electron chi connectivity index (χ4n) is 2.63. The summed E-state index contributed by atoms with van der Waals surface area (Å²) in [5, 5.41) is 6.97. The van der Waals surface area contributed by atoms with Gasteiger partial charge in [0.1, 0.15) is 0 Å². The molecule has 16 heavy (non-hydrogen) atoms. The predicted octanol–water partition coefficient (Wildman–Crippen LogP) is 1.03. The number of aromatic nitrogens is 1. The number of aryl methyl sites for hydroxylation is 1. The lowest BCUT2D eigenvalue weighted by molar-refractivity contribution is 0.414. The Labute approximate surface area is 95.4 Å². The van der Waals surface area contributed by atoms with Crippen LogP contribution in [0.2, 0.25) is 0 Å². The molecular weight excluding hydrogens is 202 g/mol. The first kappa shape index (κ1) is 9.90. The standard InChI is InChI=1S/C12H17N3O/c1-7-3-10(11(16-2)6-14-7)15-12-8-4-13-5-9(8)12/h3,6,8-9,12-13H,4-5H2,1-2H3,(H,14,15). The minimum atomic E-state index is 0.622. The zero-order valence-electron chi connectivity index (χ0n) is 9.66. The molecule has 0 amide bonds. The van der Waals surface area contributed by atoms with E-state index in [0.717, 1.165) is 42.1 Å². The van der Waals surface area contributed by atoms with Crippen molar-refractivity contribution in [3.05, 3.63) is 18.0 Å². The number of hydrogen-bond acceptors (Lipinski definition) is 4. The first-order valence-corrected chi connectivity index (χ1v) is 5.77. The number of anilines is 1. The first-order valence-electron chi connectivity index (χ1n) is 5.77. The summed E-state index contributed by atoms with van der Waals surface area (Å²) in [6, 6.07) is 2.68. The molecule has 0 spiro atoms. The minimum Gasteiger partial charge on any atom is -0.493 e. The normalized spacial score (nSPS) is 31.0. The molecule has 0 bridgehead atoms. The van der Waals surface area contributed by atoms with Crippen LogP contribution >= 0.6 is 0 Å². The molecule has 1 saturated heterocycles. The third-order valence-electron chi connectivity index (χ3n) is 3.64. The highest BCUT2D eigenvalue weighted by Crippen LogP contribution is 2.44. The molecule has 2 heterocycles. The molecule has 3 rings (SSSR count). The summed E-state index contributed by atoms with van der Waals surface area (Å²) in [7, 11) is 1.69. The Bertz CT molecular complexity index is 397. The van der Waals surface area contributed by atoms with Gasteiger partial charge in [0, 0.05) is 24.8 Å². The first-order chi connectivity index (χ1) is 7.79. The number of fused-ring (bicyclic) bond motifs is 1. The van der Waals surface area contributed by atoms with E-state index in [1.54, 1.807) is 13.3 Å². The highest BCUT2D eigenvalue weighted by Gasteiger charge is 2.53. The van der Waals surface area contributed by atoms with E-state index in [1.165, 1.54) is 0 Å². The van der Waals surface area contributed by atoms with Gasteiger partial charge in [-0.25, -0.2) is 0 Å². The number of hydrogen-bond donors (Lipinski definition) is 2. The molecule has 0 aromatic carbocycles. The summed E-state index contributed by atoms with van der Waals surface area (Å²) in [5.41, 5.74) is 2.10. The van der Waals surface area contributed by atoms with Gasteiger partial charge in [-0.15, -0.1) is 0 Å². The SMILES string of the molecule is COc1cnc(C)cc1NC1C2CNCC21. The van der Waals surface area contributed by atoms with E-state index in [9.17, 15) is 0 Å². The second-order valence-electron chi connectivity index (χ2n) is 4.68. The molecule has 2 unspecified atom stereocenters. The van der Waals surface area contributed by atoms with Crippen molar-refractivity contribution in [2.45, 2.75) is 13.0 Å².